The number of amides is 1. The number of ketones is 1. The Balaban J connectivity index is 1.62. The largest absolute Gasteiger partial charge is 0.425 e. The predicted molar refractivity (Wildman–Crippen MR) is 156 cm³/mol. The van der Waals surface area contributed by atoms with Gasteiger partial charge >= 0.3 is 5.97 Å². The number of esters is 1. The number of benzene rings is 1. The summed E-state index contributed by atoms with van der Waals surface area (Å²) in [7, 11) is 0. The lowest BCUT2D eigenvalue weighted by molar-refractivity contribution is -0.763. The van der Waals surface area contributed by atoms with Crippen molar-refractivity contribution in [3.8, 4) is 5.75 Å². The second kappa shape index (κ2) is 19.7. The Morgan fingerprint density at radius 2 is 1.79 bits per heavy atom. The van der Waals surface area contributed by atoms with Crippen LogP contribution in [0.2, 0.25) is 0 Å². The normalized spacial score (nSPS) is 20.0. The van der Waals surface area contributed by atoms with Crippen LogP contribution in [0.5, 0.6) is 5.75 Å². The summed E-state index contributed by atoms with van der Waals surface area (Å²) in [6.45, 7) is 1.58. The molecule has 234 valence electrons. The fourth-order valence-electron chi connectivity index (χ4n) is 5.29. The molecular formula is C31H46N2O9. The highest BCUT2D eigenvalue weighted by atomic mass is 16.9. The highest BCUT2D eigenvalue weighted by Crippen LogP contribution is 2.38. The van der Waals surface area contributed by atoms with Gasteiger partial charge in [0.1, 0.15) is 24.7 Å². The van der Waals surface area contributed by atoms with E-state index in [1.54, 1.807) is 12.1 Å². The highest BCUT2D eigenvalue weighted by molar-refractivity contribution is 5.82. The minimum atomic E-state index is -0.909. The summed E-state index contributed by atoms with van der Waals surface area (Å²) < 4.78 is 5.16. The number of hydrogen-bond donors (Lipinski definition) is 3. The molecule has 2 rings (SSSR count). The zero-order valence-corrected chi connectivity index (χ0v) is 24.6. The molecule has 1 aromatic rings. The number of carbonyl (C=O) groups excluding carboxylic acids is 3. The summed E-state index contributed by atoms with van der Waals surface area (Å²) in [4.78, 5) is 51.0. The van der Waals surface area contributed by atoms with Crippen LogP contribution in [0.4, 0.5) is 0 Å². The van der Waals surface area contributed by atoms with Crippen LogP contribution in [-0.2, 0) is 25.8 Å². The molecule has 0 heterocycles. The van der Waals surface area contributed by atoms with Crippen molar-refractivity contribution in [2.24, 2.45) is 11.8 Å². The van der Waals surface area contributed by atoms with Crippen molar-refractivity contribution in [2.75, 3.05) is 6.54 Å². The smallest absolute Gasteiger partial charge is 0.330 e. The minimum Gasteiger partial charge on any atom is -0.425 e. The Kier molecular flexibility index (Phi) is 16.4. The number of aliphatic hydroxyl groups excluding tert-OH is 2. The first-order valence-electron chi connectivity index (χ1n) is 15.1. The molecule has 1 aromatic carbocycles. The van der Waals surface area contributed by atoms with E-state index in [0.29, 0.717) is 50.5 Å². The van der Waals surface area contributed by atoms with Crippen LogP contribution in [0, 0.1) is 22.0 Å². The number of ether oxygens (including phenoxy) is 1. The lowest BCUT2D eigenvalue weighted by Gasteiger charge is -2.22. The molecular weight excluding hydrogens is 544 g/mol. The van der Waals surface area contributed by atoms with Crippen molar-refractivity contribution in [3.63, 3.8) is 0 Å². The van der Waals surface area contributed by atoms with Gasteiger partial charge in [-0.15, -0.1) is 10.1 Å². The number of rotatable bonds is 21. The highest BCUT2D eigenvalue weighted by Gasteiger charge is 2.40. The maximum atomic E-state index is 12.3. The summed E-state index contributed by atoms with van der Waals surface area (Å²) in [6.07, 6.45) is 12.2. The Bertz CT molecular complexity index is 1030. The number of hydrogen-bond acceptors (Lipinski definition) is 9. The molecule has 1 aliphatic rings. The van der Waals surface area contributed by atoms with Crippen molar-refractivity contribution >= 4 is 17.7 Å². The third-order valence-electron chi connectivity index (χ3n) is 7.58. The monoisotopic (exact) mass is 590 g/mol. The average molecular weight is 591 g/mol. The van der Waals surface area contributed by atoms with Gasteiger partial charge < -0.3 is 25.1 Å². The van der Waals surface area contributed by atoms with E-state index in [1.807, 2.05) is 12.2 Å². The molecule has 4 atom stereocenters. The summed E-state index contributed by atoms with van der Waals surface area (Å²) in [5.74, 6) is -0.736. The van der Waals surface area contributed by atoms with E-state index in [4.69, 9.17) is 4.74 Å². The second-order valence-corrected chi connectivity index (χ2v) is 10.9. The third-order valence-corrected chi connectivity index (χ3v) is 7.58. The maximum absolute atomic E-state index is 12.3. The molecule has 11 heteroatoms. The average Bonchev–Trinajstić information content (AvgIpc) is 3.22. The number of Topliss-reactive ketones (excluding diaryl/α,β-unsaturated/α-hetero) is 1. The van der Waals surface area contributed by atoms with Gasteiger partial charge in [0.05, 0.1) is 12.2 Å². The predicted octanol–water partition coefficient (Wildman–Crippen LogP) is 4.60. The van der Waals surface area contributed by atoms with Crippen molar-refractivity contribution in [3.05, 3.63) is 52.1 Å². The molecule has 0 aliphatic heterocycles. The Hall–Kier alpha value is -3.31. The van der Waals surface area contributed by atoms with Gasteiger partial charge in [0.2, 0.25) is 5.91 Å². The van der Waals surface area contributed by atoms with Gasteiger partial charge in [0.25, 0.3) is 5.09 Å². The van der Waals surface area contributed by atoms with Crippen LogP contribution >= 0.6 is 0 Å². The lowest BCUT2D eigenvalue weighted by atomic mass is 9.86. The van der Waals surface area contributed by atoms with Crippen LogP contribution in [0.1, 0.15) is 96.0 Å². The molecule has 0 radical (unpaired) electrons. The van der Waals surface area contributed by atoms with Crippen molar-refractivity contribution in [1.29, 1.82) is 0 Å². The first kappa shape index (κ1) is 34.9. The summed E-state index contributed by atoms with van der Waals surface area (Å²) in [6, 6.07) is 6.13. The number of nitrogens with one attached hydrogen (secondary N) is 1. The van der Waals surface area contributed by atoms with E-state index in [0.717, 1.165) is 19.3 Å². The van der Waals surface area contributed by atoms with E-state index in [-0.39, 0.29) is 48.8 Å². The van der Waals surface area contributed by atoms with Crippen molar-refractivity contribution in [1.82, 2.24) is 5.32 Å². The van der Waals surface area contributed by atoms with Crippen LogP contribution in [0.15, 0.2) is 36.4 Å². The van der Waals surface area contributed by atoms with E-state index in [1.165, 1.54) is 25.0 Å². The lowest BCUT2D eigenvalue weighted by Crippen LogP contribution is -2.31. The summed E-state index contributed by atoms with van der Waals surface area (Å²) in [5, 5.41) is 32.8. The fraction of sp³-hybridized carbons (Fsp3) is 0.645. The third kappa shape index (κ3) is 14.0. The van der Waals surface area contributed by atoms with E-state index in [9.17, 15) is 34.7 Å². The van der Waals surface area contributed by atoms with E-state index < -0.39 is 23.3 Å². The van der Waals surface area contributed by atoms with Crippen molar-refractivity contribution < 1.29 is 39.3 Å². The Labute approximate surface area is 247 Å². The molecule has 0 saturated heterocycles. The molecule has 0 bridgehead atoms. The van der Waals surface area contributed by atoms with E-state index in [2.05, 4.69) is 17.1 Å². The number of aliphatic hydroxyl groups is 2. The molecule has 0 aromatic heterocycles. The van der Waals surface area contributed by atoms with Gasteiger partial charge in [-0.25, -0.2) is 4.79 Å². The number of unbranched alkanes of at least 4 members (excludes halogenated alkanes) is 5. The summed E-state index contributed by atoms with van der Waals surface area (Å²) in [5.41, 5.74) is 0.460. The Morgan fingerprint density at radius 3 is 2.55 bits per heavy atom. The van der Waals surface area contributed by atoms with Gasteiger partial charge in [-0.2, -0.15) is 0 Å². The molecule has 42 heavy (non-hydrogen) atoms. The number of carbonyl (C=O) groups is 3. The quantitative estimate of drug-likeness (QED) is 0.0463. The molecule has 0 unspecified atom stereocenters. The molecule has 3 N–H and O–H groups in total. The molecule has 1 saturated carbocycles. The maximum Gasteiger partial charge on any atom is 0.330 e. The van der Waals surface area contributed by atoms with Crippen LogP contribution in [-0.4, -0.2) is 51.7 Å². The Morgan fingerprint density at radius 1 is 1.02 bits per heavy atom. The van der Waals surface area contributed by atoms with Gasteiger partial charge in [0.15, 0.2) is 0 Å². The standard InChI is InChI=1S/C31H46N2O9/c1-2-3-4-5-8-13-24(34)17-18-27-26(28(35)20-29(27)36)15-9-6-7-10-16-30(37)32-21-31(38)42-25-14-11-12-23(19-25)22-41-33(39)40/h6,9,11-12,14,19,26-29,35-36H,2-5,7-8,10,13,15-18,20-22H2,1H3,(H,32,37)/t26-,27-,28+,29-/m1/s1. The topological polar surface area (TPSA) is 165 Å². The molecule has 1 aliphatic carbocycles. The first-order chi connectivity index (χ1) is 20.2. The van der Waals surface area contributed by atoms with Gasteiger partial charge in [-0.1, -0.05) is 56.9 Å². The molecule has 11 nitrogen and oxygen atoms in total. The van der Waals surface area contributed by atoms with E-state index >= 15 is 0 Å². The van der Waals surface area contributed by atoms with Crippen LogP contribution < -0.4 is 10.1 Å². The van der Waals surface area contributed by atoms with Crippen LogP contribution in [0.25, 0.3) is 0 Å². The second-order valence-electron chi connectivity index (χ2n) is 10.9. The zero-order chi connectivity index (χ0) is 30.7. The van der Waals surface area contributed by atoms with Crippen molar-refractivity contribution in [2.45, 2.75) is 109 Å². The minimum absolute atomic E-state index is 0.0933. The fourth-order valence-corrected chi connectivity index (χ4v) is 5.29. The van der Waals surface area contributed by atoms with Gasteiger partial charge in [-0.3, -0.25) is 9.59 Å². The SMILES string of the molecule is CCCCCCCC(=O)CC[C@@H]1[C@@H](CC=CCCCC(=O)NCC(=O)Oc2cccc(CO[N+](=O)[O-])c2)[C@@H](O)C[C@H]1O. The molecule has 1 fully saturated rings. The first-order valence-corrected chi connectivity index (χ1v) is 15.1. The molecule has 1 amide bonds. The van der Waals surface area contributed by atoms with Gasteiger partial charge in [0, 0.05) is 19.3 Å². The summed E-state index contributed by atoms with van der Waals surface area (Å²) >= 11 is 0. The molecule has 0 spiro atoms. The number of nitrogens with zero attached hydrogens (tertiary/aromatic N) is 1. The number of allylic oxidation sites excluding steroid dienone is 2. The van der Waals surface area contributed by atoms with Crippen LogP contribution in [0.3, 0.4) is 0 Å². The van der Waals surface area contributed by atoms with Gasteiger partial charge in [-0.05, 0) is 68.1 Å². The zero-order valence-electron chi connectivity index (χ0n) is 24.6.